The maximum Gasteiger partial charge on any atom is 0.239 e. The number of aromatic nitrogens is 1. The second-order valence-corrected chi connectivity index (χ2v) is 7.48. The fraction of sp³-hybridized carbons (Fsp3) is 0.500. The highest BCUT2D eigenvalue weighted by Gasteiger charge is 2.57. The van der Waals surface area contributed by atoms with Crippen LogP contribution in [0.4, 0.5) is 0 Å². The lowest BCUT2D eigenvalue weighted by molar-refractivity contribution is -0.139. The highest BCUT2D eigenvalue weighted by atomic mass is 16.2. The maximum absolute atomic E-state index is 13.0. The molecule has 2 amide bonds. The predicted molar refractivity (Wildman–Crippen MR) is 91.6 cm³/mol. The van der Waals surface area contributed by atoms with Gasteiger partial charge in [0.2, 0.25) is 11.8 Å². The molecule has 1 N–H and O–H groups in total. The Morgan fingerprint density at radius 2 is 1.92 bits per heavy atom. The summed E-state index contributed by atoms with van der Waals surface area (Å²) in [6, 6.07) is 8.34. The Kier molecular flexibility index (Phi) is 2.94. The zero-order valence-electron chi connectivity index (χ0n) is 13.9. The molecule has 3 aliphatic rings. The molecule has 1 saturated carbocycles. The van der Waals surface area contributed by atoms with Crippen molar-refractivity contribution < 1.29 is 9.59 Å². The number of amides is 2. The van der Waals surface area contributed by atoms with E-state index in [1.165, 1.54) is 28.7 Å². The lowest BCUT2D eigenvalue weighted by atomic mass is 9.61. The normalized spacial score (nSPS) is 32.0. The number of hydrogen-bond acceptors (Lipinski definition) is 2. The Morgan fingerprint density at radius 3 is 2.75 bits per heavy atom. The summed E-state index contributed by atoms with van der Waals surface area (Å²) in [5, 5.41) is 1.25. The van der Waals surface area contributed by atoms with E-state index in [9.17, 15) is 9.59 Å². The Balaban J connectivity index is 1.78. The van der Waals surface area contributed by atoms with Gasteiger partial charge in [-0.2, -0.15) is 0 Å². The minimum Gasteiger partial charge on any atom is -0.357 e. The quantitative estimate of drug-likeness (QED) is 0.816. The SMILES string of the molecule is CCN1C(=O)[C@@H]2[C@@H]3CCCC[C@H]3c3c([nH]c4ccccc34)[C@@H]2C1=O. The molecule has 5 rings (SSSR count). The van der Waals surface area contributed by atoms with Crippen LogP contribution in [0.25, 0.3) is 10.9 Å². The zero-order chi connectivity index (χ0) is 16.4. The van der Waals surface area contributed by atoms with Crippen LogP contribution >= 0.6 is 0 Å². The van der Waals surface area contributed by atoms with Crippen LogP contribution in [-0.4, -0.2) is 28.2 Å². The second-order valence-electron chi connectivity index (χ2n) is 7.48. The van der Waals surface area contributed by atoms with Crippen molar-refractivity contribution in [3.05, 3.63) is 35.5 Å². The van der Waals surface area contributed by atoms with Gasteiger partial charge in [0.25, 0.3) is 0 Å². The van der Waals surface area contributed by atoms with Gasteiger partial charge in [-0.1, -0.05) is 31.0 Å². The number of fused-ring (bicyclic) bond motifs is 8. The lowest BCUT2D eigenvalue weighted by Crippen LogP contribution is -2.37. The third-order valence-electron chi connectivity index (χ3n) is 6.50. The number of hydrogen-bond donors (Lipinski definition) is 1. The molecule has 4 atom stereocenters. The standard InChI is InChI=1S/C20H22N2O2/c1-2-22-19(23)16-12-8-4-3-7-11(12)15-13-9-5-6-10-14(13)21-18(15)17(16)20(22)24/h5-6,9-12,16-17,21H,2-4,7-8H2,1H3/t11-,12-,16-,17-/m1/s1. The van der Waals surface area contributed by atoms with E-state index in [-0.39, 0.29) is 23.7 Å². The fourth-order valence-electron chi connectivity index (χ4n) is 5.57. The van der Waals surface area contributed by atoms with E-state index in [0.29, 0.717) is 18.4 Å². The summed E-state index contributed by atoms with van der Waals surface area (Å²) in [5.41, 5.74) is 3.46. The van der Waals surface area contributed by atoms with E-state index in [1.54, 1.807) is 0 Å². The van der Waals surface area contributed by atoms with Crippen LogP contribution in [-0.2, 0) is 9.59 Å². The number of carbonyl (C=O) groups excluding carboxylic acids is 2. The molecule has 0 bridgehead atoms. The Morgan fingerprint density at radius 1 is 1.12 bits per heavy atom. The van der Waals surface area contributed by atoms with E-state index in [4.69, 9.17) is 0 Å². The van der Waals surface area contributed by atoms with Crippen LogP contribution in [0, 0.1) is 11.8 Å². The number of likely N-dealkylation sites (N-methyl/N-ethyl adjacent to an activating group) is 1. The van der Waals surface area contributed by atoms with Crippen LogP contribution in [0.2, 0.25) is 0 Å². The number of rotatable bonds is 1. The first kappa shape index (κ1) is 14.3. The first-order valence-electron chi connectivity index (χ1n) is 9.18. The second kappa shape index (κ2) is 4.95. The summed E-state index contributed by atoms with van der Waals surface area (Å²) >= 11 is 0. The lowest BCUT2D eigenvalue weighted by Gasteiger charge is -2.41. The molecule has 1 aromatic heterocycles. The highest BCUT2D eigenvalue weighted by Crippen LogP contribution is 2.57. The van der Waals surface area contributed by atoms with Crippen molar-refractivity contribution >= 4 is 22.7 Å². The van der Waals surface area contributed by atoms with Crippen LogP contribution in [0.5, 0.6) is 0 Å². The summed E-state index contributed by atoms with van der Waals surface area (Å²) in [4.78, 5) is 30.9. The average molecular weight is 322 g/mol. The molecular weight excluding hydrogens is 300 g/mol. The first-order valence-corrected chi connectivity index (χ1v) is 9.18. The average Bonchev–Trinajstić information content (AvgIpc) is 3.11. The van der Waals surface area contributed by atoms with Crippen molar-refractivity contribution in [2.75, 3.05) is 6.54 Å². The minimum absolute atomic E-state index is 0.00401. The number of benzene rings is 1. The summed E-state index contributed by atoms with van der Waals surface area (Å²) in [6.07, 6.45) is 4.60. The topological polar surface area (TPSA) is 53.2 Å². The largest absolute Gasteiger partial charge is 0.357 e. The number of imide groups is 1. The van der Waals surface area contributed by atoms with Gasteiger partial charge in [0.15, 0.2) is 0 Å². The molecule has 24 heavy (non-hydrogen) atoms. The third-order valence-corrected chi connectivity index (χ3v) is 6.50. The van der Waals surface area contributed by atoms with Crippen LogP contribution in [0.3, 0.4) is 0 Å². The predicted octanol–water partition coefficient (Wildman–Crippen LogP) is 3.54. The molecule has 2 aliphatic carbocycles. The van der Waals surface area contributed by atoms with Crippen LogP contribution in [0.15, 0.2) is 24.3 Å². The van der Waals surface area contributed by atoms with Gasteiger partial charge in [-0.25, -0.2) is 0 Å². The van der Waals surface area contributed by atoms with Crippen molar-refractivity contribution in [3.63, 3.8) is 0 Å². The number of aromatic amines is 1. The fourth-order valence-corrected chi connectivity index (χ4v) is 5.57. The number of nitrogens with one attached hydrogen (secondary N) is 1. The van der Waals surface area contributed by atoms with Gasteiger partial charge in [-0.3, -0.25) is 14.5 Å². The van der Waals surface area contributed by atoms with Gasteiger partial charge in [0, 0.05) is 23.1 Å². The Labute approximate surface area is 141 Å². The van der Waals surface area contributed by atoms with Gasteiger partial charge >= 0.3 is 0 Å². The maximum atomic E-state index is 13.0. The molecule has 2 aromatic rings. The van der Waals surface area contributed by atoms with Crippen LogP contribution in [0.1, 0.15) is 55.7 Å². The Bertz CT molecular complexity index is 852. The number of para-hydroxylation sites is 1. The smallest absolute Gasteiger partial charge is 0.239 e. The molecular formula is C20H22N2O2. The van der Waals surface area contributed by atoms with Gasteiger partial charge in [0.05, 0.1) is 11.8 Å². The molecule has 4 heteroatoms. The van der Waals surface area contributed by atoms with Crippen molar-refractivity contribution in [2.45, 2.75) is 44.4 Å². The summed E-state index contributed by atoms with van der Waals surface area (Å²) in [7, 11) is 0. The monoisotopic (exact) mass is 322 g/mol. The Hall–Kier alpha value is -2.10. The molecule has 2 fully saturated rings. The van der Waals surface area contributed by atoms with Crippen LogP contribution < -0.4 is 0 Å². The van der Waals surface area contributed by atoms with E-state index < -0.39 is 0 Å². The molecule has 2 heterocycles. The zero-order valence-corrected chi connectivity index (χ0v) is 13.9. The number of H-pyrrole nitrogens is 1. The van der Waals surface area contributed by atoms with Crippen molar-refractivity contribution in [1.82, 2.24) is 9.88 Å². The number of carbonyl (C=O) groups is 2. The van der Waals surface area contributed by atoms with Gasteiger partial charge < -0.3 is 4.98 Å². The minimum atomic E-state index is -0.292. The molecule has 4 nitrogen and oxygen atoms in total. The molecule has 124 valence electrons. The summed E-state index contributed by atoms with van der Waals surface area (Å²) in [5.74, 6) is 0.365. The van der Waals surface area contributed by atoms with E-state index in [1.807, 2.05) is 13.0 Å². The van der Waals surface area contributed by atoms with Crippen molar-refractivity contribution in [1.29, 1.82) is 0 Å². The van der Waals surface area contributed by atoms with E-state index >= 15 is 0 Å². The molecule has 0 spiro atoms. The van der Waals surface area contributed by atoms with Gasteiger partial charge in [-0.05, 0) is 43.2 Å². The van der Waals surface area contributed by atoms with Crippen molar-refractivity contribution in [3.8, 4) is 0 Å². The van der Waals surface area contributed by atoms with Gasteiger partial charge in [0.1, 0.15) is 0 Å². The van der Waals surface area contributed by atoms with E-state index in [2.05, 4.69) is 23.2 Å². The highest BCUT2D eigenvalue weighted by molar-refractivity contribution is 6.09. The molecule has 1 aromatic carbocycles. The van der Waals surface area contributed by atoms with Gasteiger partial charge in [-0.15, -0.1) is 0 Å². The molecule has 1 aliphatic heterocycles. The molecule has 0 radical (unpaired) electrons. The molecule has 0 unspecified atom stereocenters. The molecule has 1 saturated heterocycles. The summed E-state index contributed by atoms with van der Waals surface area (Å²) < 4.78 is 0. The van der Waals surface area contributed by atoms with Crippen molar-refractivity contribution in [2.24, 2.45) is 11.8 Å². The van der Waals surface area contributed by atoms with E-state index in [0.717, 1.165) is 24.1 Å². The third kappa shape index (κ3) is 1.64. The summed E-state index contributed by atoms with van der Waals surface area (Å²) in [6.45, 7) is 2.38. The first-order chi connectivity index (χ1) is 11.7. The number of nitrogens with zero attached hydrogens (tertiary/aromatic N) is 1. The number of likely N-dealkylation sites (tertiary alicyclic amines) is 1.